The fourth-order valence-corrected chi connectivity index (χ4v) is 4.88. The van der Waals surface area contributed by atoms with Gasteiger partial charge in [0.2, 0.25) is 0 Å². The maximum absolute atomic E-state index is 11.7. The molecule has 0 aromatic heterocycles. The monoisotopic (exact) mass is 364 g/mol. The minimum absolute atomic E-state index is 0.00956. The molecule has 3 rings (SSSR count). The second-order valence-electron chi connectivity index (χ2n) is 9.48. The molecule has 2 saturated heterocycles. The molecule has 5 atom stereocenters. The Hall–Kier alpha value is -0.870. The van der Waals surface area contributed by atoms with Gasteiger partial charge < -0.3 is 14.2 Å². The second kappa shape index (κ2) is 6.94. The molecule has 0 amide bonds. The third-order valence-electron chi connectivity index (χ3n) is 7.02. The van der Waals surface area contributed by atoms with Crippen molar-refractivity contribution in [1.82, 2.24) is 0 Å². The van der Waals surface area contributed by atoms with Crippen LogP contribution in [0.15, 0.2) is 11.6 Å². The summed E-state index contributed by atoms with van der Waals surface area (Å²) < 4.78 is 18.7. The minimum atomic E-state index is -0.421. The molecule has 3 aliphatic rings. The van der Waals surface area contributed by atoms with Crippen LogP contribution in [0.4, 0.5) is 0 Å². The molecule has 0 radical (unpaired) electrons. The van der Waals surface area contributed by atoms with Crippen LogP contribution in [0.25, 0.3) is 0 Å². The highest BCUT2D eigenvalue weighted by Gasteiger charge is 2.60. The van der Waals surface area contributed by atoms with Crippen molar-refractivity contribution in [2.24, 2.45) is 5.92 Å². The van der Waals surface area contributed by atoms with E-state index < -0.39 is 5.60 Å². The van der Waals surface area contributed by atoms with E-state index in [9.17, 15) is 4.79 Å². The number of fused-ring (bicyclic) bond motifs is 3. The Morgan fingerprint density at radius 3 is 2.62 bits per heavy atom. The Kier molecular flexibility index (Phi) is 5.31. The SMILES string of the molecule is CC(=O)O[C@@H]1CC/C(C)=C/CCC2(C)O[C@@H]2CC2(C(C)C)CCC1(C)O2. The van der Waals surface area contributed by atoms with Gasteiger partial charge in [0.25, 0.3) is 0 Å². The summed E-state index contributed by atoms with van der Waals surface area (Å²) in [6, 6.07) is 0. The fraction of sp³-hybridized carbons (Fsp3) is 0.864. The molecular formula is C22H36O4. The number of carbonyl (C=O) groups is 1. The molecule has 0 saturated carbocycles. The maximum Gasteiger partial charge on any atom is 0.303 e. The normalized spacial score (nSPS) is 45.6. The van der Waals surface area contributed by atoms with Crippen molar-refractivity contribution in [3.8, 4) is 0 Å². The number of hydrogen-bond acceptors (Lipinski definition) is 4. The first kappa shape index (κ1) is 19.9. The van der Waals surface area contributed by atoms with E-state index in [0.29, 0.717) is 5.92 Å². The number of hydrogen-bond donors (Lipinski definition) is 0. The van der Waals surface area contributed by atoms with Crippen LogP contribution in [-0.2, 0) is 19.0 Å². The van der Waals surface area contributed by atoms with Crippen molar-refractivity contribution in [2.45, 2.75) is 115 Å². The van der Waals surface area contributed by atoms with Gasteiger partial charge in [0.1, 0.15) is 11.7 Å². The van der Waals surface area contributed by atoms with E-state index in [1.165, 1.54) is 12.5 Å². The molecule has 2 fully saturated rings. The molecule has 4 heteroatoms. The first-order valence-corrected chi connectivity index (χ1v) is 10.3. The lowest BCUT2D eigenvalue weighted by Crippen LogP contribution is -2.47. The van der Waals surface area contributed by atoms with Crippen molar-refractivity contribution in [1.29, 1.82) is 0 Å². The lowest BCUT2D eigenvalue weighted by molar-refractivity contribution is -0.189. The van der Waals surface area contributed by atoms with Crippen molar-refractivity contribution < 1.29 is 19.0 Å². The van der Waals surface area contributed by atoms with E-state index in [1.807, 2.05) is 0 Å². The summed E-state index contributed by atoms with van der Waals surface area (Å²) in [5, 5.41) is 0. The summed E-state index contributed by atoms with van der Waals surface area (Å²) in [6.07, 6.45) is 9.14. The predicted molar refractivity (Wildman–Crippen MR) is 102 cm³/mol. The number of carbonyl (C=O) groups excluding carboxylic acids is 1. The van der Waals surface area contributed by atoms with E-state index in [4.69, 9.17) is 14.2 Å². The highest BCUT2D eigenvalue weighted by atomic mass is 16.6. The number of allylic oxidation sites excluding steroid dienone is 2. The second-order valence-corrected chi connectivity index (χ2v) is 9.48. The van der Waals surface area contributed by atoms with Crippen LogP contribution in [0, 0.1) is 5.92 Å². The van der Waals surface area contributed by atoms with Gasteiger partial charge in [0.05, 0.1) is 17.3 Å². The van der Waals surface area contributed by atoms with E-state index >= 15 is 0 Å². The Balaban J connectivity index is 1.89. The van der Waals surface area contributed by atoms with Crippen LogP contribution < -0.4 is 0 Å². The van der Waals surface area contributed by atoms with Gasteiger partial charge in [-0.25, -0.2) is 0 Å². The molecule has 2 bridgehead atoms. The highest BCUT2D eigenvalue weighted by molar-refractivity contribution is 5.66. The summed E-state index contributed by atoms with van der Waals surface area (Å²) in [5.41, 5.74) is 0.741. The zero-order valence-corrected chi connectivity index (χ0v) is 17.4. The van der Waals surface area contributed by atoms with E-state index in [1.54, 1.807) is 0 Å². The Morgan fingerprint density at radius 1 is 1.23 bits per heavy atom. The largest absolute Gasteiger partial charge is 0.459 e. The molecule has 3 unspecified atom stereocenters. The fourth-order valence-electron chi connectivity index (χ4n) is 4.88. The van der Waals surface area contributed by atoms with Crippen LogP contribution in [-0.4, -0.2) is 35.0 Å². The van der Waals surface area contributed by atoms with Crippen LogP contribution in [0.1, 0.15) is 86.5 Å². The van der Waals surface area contributed by atoms with Gasteiger partial charge in [0, 0.05) is 13.3 Å². The average molecular weight is 365 g/mol. The summed E-state index contributed by atoms with van der Waals surface area (Å²) in [4.78, 5) is 11.7. The number of esters is 1. The highest BCUT2D eigenvalue weighted by Crippen LogP contribution is 2.53. The van der Waals surface area contributed by atoms with Gasteiger partial charge in [-0.1, -0.05) is 25.5 Å². The van der Waals surface area contributed by atoms with E-state index in [0.717, 1.165) is 44.9 Å². The maximum atomic E-state index is 11.7. The molecular weight excluding hydrogens is 328 g/mol. The van der Waals surface area contributed by atoms with Gasteiger partial charge in [-0.3, -0.25) is 4.79 Å². The summed E-state index contributed by atoms with van der Waals surface area (Å²) in [6.45, 7) is 12.5. The summed E-state index contributed by atoms with van der Waals surface area (Å²) >= 11 is 0. The summed E-state index contributed by atoms with van der Waals surface area (Å²) in [5.74, 6) is 0.187. The molecule has 0 aromatic rings. The smallest absolute Gasteiger partial charge is 0.303 e. The van der Waals surface area contributed by atoms with Crippen molar-refractivity contribution >= 4 is 5.97 Å². The van der Waals surface area contributed by atoms with Gasteiger partial charge >= 0.3 is 5.97 Å². The van der Waals surface area contributed by atoms with Crippen molar-refractivity contribution in [3.63, 3.8) is 0 Å². The average Bonchev–Trinajstić information content (AvgIpc) is 3.00. The minimum Gasteiger partial charge on any atom is -0.459 e. The van der Waals surface area contributed by atoms with Crippen molar-refractivity contribution in [3.05, 3.63) is 11.6 Å². The number of epoxide rings is 1. The third-order valence-corrected chi connectivity index (χ3v) is 7.02. The standard InChI is InChI=1S/C22H36O4/c1-15(2)22-13-12-21(6,26-22)18(24-17(4)23)10-9-16(3)8-7-11-20(5)19(14-22)25-20/h8,15,18-19H,7,9-14H2,1-6H3/b16-8+/t18-,19-,20?,21?,22?/m1/s1. The Bertz CT molecular complexity index is 583. The summed E-state index contributed by atoms with van der Waals surface area (Å²) in [7, 11) is 0. The first-order valence-electron chi connectivity index (χ1n) is 10.3. The lowest BCUT2D eigenvalue weighted by Gasteiger charge is -2.39. The zero-order valence-electron chi connectivity index (χ0n) is 17.4. The van der Waals surface area contributed by atoms with Crippen molar-refractivity contribution in [2.75, 3.05) is 0 Å². The number of ether oxygens (including phenoxy) is 3. The lowest BCUT2D eigenvalue weighted by atomic mass is 9.80. The van der Waals surface area contributed by atoms with Gasteiger partial charge in [-0.05, 0) is 65.2 Å². The molecule has 0 aromatic carbocycles. The van der Waals surface area contributed by atoms with Crippen LogP contribution >= 0.6 is 0 Å². The zero-order chi connectivity index (χ0) is 19.2. The molecule has 0 spiro atoms. The third kappa shape index (κ3) is 3.87. The Morgan fingerprint density at radius 2 is 1.96 bits per heavy atom. The topological polar surface area (TPSA) is 48.1 Å². The van der Waals surface area contributed by atoms with Gasteiger partial charge in [0.15, 0.2) is 0 Å². The van der Waals surface area contributed by atoms with E-state index in [2.05, 4.69) is 40.7 Å². The quantitative estimate of drug-likeness (QED) is 0.395. The van der Waals surface area contributed by atoms with E-state index in [-0.39, 0.29) is 29.4 Å². The molecule has 3 aliphatic heterocycles. The van der Waals surface area contributed by atoms with Crippen LogP contribution in [0.3, 0.4) is 0 Å². The van der Waals surface area contributed by atoms with Crippen LogP contribution in [0.2, 0.25) is 0 Å². The molecule has 4 nitrogen and oxygen atoms in total. The predicted octanol–water partition coefficient (Wildman–Crippen LogP) is 4.95. The van der Waals surface area contributed by atoms with Crippen LogP contribution in [0.5, 0.6) is 0 Å². The van der Waals surface area contributed by atoms with Gasteiger partial charge in [-0.2, -0.15) is 0 Å². The molecule has 0 aliphatic carbocycles. The molecule has 148 valence electrons. The molecule has 3 heterocycles. The Labute approximate surface area is 158 Å². The molecule has 26 heavy (non-hydrogen) atoms. The molecule has 0 N–H and O–H groups in total. The van der Waals surface area contributed by atoms with Gasteiger partial charge in [-0.15, -0.1) is 0 Å². The first-order chi connectivity index (χ1) is 12.1. The number of rotatable bonds is 2.